The quantitative estimate of drug-likeness (QED) is 0.692. The second kappa shape index (κ2) is 9.87. The fourth-order valence-corrected chi connectivity index (χ4v) is 3.11. The molecule has 1 aromatic heterocycles. The Balaban J connectivity index is 1.89. The van der Waals surface area contributed by atoms with Crippen LogP contribution in [0.3, 0.4) is 0 Å². The number of likely N-dealkylation sites (tertiary alicyclic amines) is 1. The number of aromatic nitrogens is 1. The van der Waals surface area contributed by atoms with E-state index in [0.29, 0.717) is 32.4 Å². The summed E-state index contributed by atoms with van der Waals surface area (Å²) in [7, 11) is 0. The van der Waals surface area contributed by atoms with Gasteiger partial charge in [0, 0.05) is 25.5 Å². The number of carbonyl (C=O) groups excluding carboxylic acids is 2. The minimum atomic E-state index is -0.608. The molecule has 2 rings (SSSR count). The Hall–Kier alpha value is -2.47. The molecule has 2 atom stereocenters. The molecule has 2 heterocycles. The van der Waals surface area contributed by atoms with Crippen molar-refractivity contribution in [3.8, 4) is 0 Å². The van der Waals surface area contributed by atoms with Crippen LogP contribution >= 0.6 is 0 Å². The molecule has 26 heavy (non-hydrogen) atoms. The number of rotatable bonds is 8. The normalized spacial score (nSPS) is 18.5. The average molecular weight is 356 g/mol. The molecule has 2 amide bonds. The minimum absolute atomic E-state index is 0.128. The smallest absolute Gasteiger partial charge is 0.243 e. The zero-order valence-corrected chi connectivity index (χ0v) is 15.4. The number of pyridine rings is 1. The Kier molecular flexibility index (Phi) is 7.53. The van der Waals surface area contributed by atoms with E-state index in [-0.39, 0.29) is 11.8 Å². The first kappa shape index (κ1) is 19.8. The summed E-state index contributed by atoms with van der Waals surface area (Å²) >= 11 is 0. The van der Waals surface area contributed by atoms with E-state index in [4.69, 9.17) is 5.73 Å². The van der Waals surface area contributed by atoms with E-state index in [2.05, 4.69) is 16.9 Å². The summed E-state index contributed by atoms with van der Waals surface area (Å²) in [5.74, 6) is -0.280. The highest BCUT2D eigenvalue weighted by Crippen LogP contribution is 2.19. The van der Waals surface area contributed by atoms with E-state index >= 15 is 0 Å². The molecule has 0 saturated carbocycles. The van der Waals surface area contributed by atoms with Gasteiger partial charge in [0.1, 0.15) is 6.04 Å². The van der Waals surface area contributed by atoms with Gasteiger partial charge in [0.2, 0.25) is 11.8 Å². The Morgan fingerprint density at radius 1 is 1.54 bits per heavy atom. The molecular weight excluding hydrogens is 328 g/mol. The van der Waals surface area contributed by atoms with Crippen LogP contribution in [-0.2, 0) is 16.0 Å². The fourth-order valence-electron chi connectivity index (χ4n) is 3.11. The molecule has 1 aromatic rings. The summed E-state index contributed by atoms with van der Waals surface area (Å²) in [6.45, 7) is 6.61. The maximum absolute atomic E-state index is 12.7. The van der Waals surface area contributed by atoms with Gasteiger partial charge in [-0.2, -0.15) is 0 Å². The Labute approximate surface area is 155 Å². The lowest BCUT2D eigenvalue weighted by molar-refractivity contribution is -0.139. The molecule has 0 spiro atoms. The van der Waals surface area contributed by atoms with E-state index < -0.39 is 12.1 Å². The van der Waals surface area contributed by atoms with Gasteiger partial charge in [0.25, 0.3) is 0 Å². The molecule has 0 aromatic carbocycles. The summed E-state index contributed by atoms with van der Waals surface area (Å²) in [5.41, 5.74) is 8.10. The number of nitrogens with zero attached hydrogens (tertiary/aromatic N) is 2. The van der Waals surface area contributed by atoms with Gasteiger partial charge in [-0.05, 0) is 49.8 Å². The zero-order valence-electron chi connectivity index (χ0n) is 15.4. The third-order valence-corrected chi connectivity index (χ3v) is 4.72. The van der Waals surface area contributed by atoms with Crippen LogP contribution in [0.15, 0.2) is 48.8 Å². The van der Waals surface area contributed by atoms with Gasteiger partial charge < -0.3 is 16.0 Å². The highest BCUT2D eigenvalue weighted by atomic mass is 16.2. The molecule has 140 valence electrons. The van der Waals surface area contributed by atoms with Crippen LogP contribution in [0.2, 0.25) is 0 Å². The maximum Gasteiger partial charge on any atom is 0.243 e. The summed E-state index contributed by atoms with van der Waals surface area (Å²) in [4.78, 5) is 30.9. The number of nitrogens with two attached hydrogens (primary N) is 1. The van der Waals surface area contributed by atoms with Crippen LogP contribution < -0.4 is 11.1 Å². The molecule has 0 unspecified atom stereocenters. The predicted molar refractivity (Wildman–Crippen MR) is 102 cm³/mol. The third-order valence-electron chi connectivity index (χ3n) is 4.72. The lowest BCUT2D eigenvalue weighted by atomic mass is 10.1. The number of hydrogen-bond donors (Lipinski definition) is 2. The first-order valence-corrected chi connectivity index (χ1v) is 9.07. The molecule has 0 bridgehead atoms. The second-order valence-corrected chi connectivity index (χ2v) is 6.48. The first-order chi connectivity index (χ1) is 12.6. The molecule has 1 aliphatic rings. The zero-order chi connectivity index (χ0) is 18.9. The Morgan fingerprint density at radius 2 is 2.35 bits per heavy atom. The van der Waals surface area contributed by atoms with Gasteiger partial charge >= 0.3 is 0 Å². The van der Waals surface area contributed by atoms with Crippen LogP contribution in [0.1, 0.15) is 31.7 Å². The van der Waals surface area contributed by atoms with Crippen molar-refractivity contribution in [2.45, 2.75) is 44.7 Å². The SMILES string of the molecule is C=C/C(=C\C)CNC(=O)[C@@H]1CCCN1C(=O)[C@H](N)CCc1cccnc1. The lowest BCUT2D eigenvalue weighted by Gasteiger charge is -2.26. The fraction of sp³-hybridized carbons (Fsp3) is 0.450. The van der Waals surface area contributed by atoms with Crippen LogP contribution in [0.4, 0.5) is 0 Å². The lowest BCUT2D eigenvalue weighted by Crippen LogP contribution is -2.51. The van der Waals surface area contributed by atoms with Gasteiger partial charge in [-0.1, -0.05) is 24.8 Å². The third kappa shape index (κ3) is 5.26. The number of allylic oxidation sites excluding steroid dienone is 1. The van der Waals surface area contributed by atoms with Crippen molar-refractivity contribution in [3.05, 3.63) is 54.4 Å². The molecular formula is C20H28N4O2. The van der Waals surface area contributed by atoms with Gasteiger partial charge in [-0.3, -0.25) is 14.6 Å². The molecule has 3 N–H and O–H groups in total. The van der Waals surface area contributed by atoms with Crippen molar-refractivity contribution in [2.24, 2.45) is 5.73 Å². The predicted octanol–water partition coefficient (Wildman–Crippen LogP) is 1.58. The van der Waals surface area contributed by atoms with Crippen molar-refractivity contribution in [1.82, 2.24) is 15.2 Å². The number of amides is 2. The van der Waals surface area contributed by atoms with Crippen LogP contribution in [0.25, 0.3) is 0 Å². The van der Waals surface area contributed by atoms with Gasteiger partial charge in [-0.25, -0.2) is 0 Å². The molecule has 1 saturated heterocycles. The maximum atomic E-state index is 12.7. The highest BCUT2D eigenvalue weighted by molar-refractivity contribution is 5.90. The van der Waals surface area contributed by atoms with E-state index in [0.717, 1.165) is 17.6 Å². The molecule has 0 aliphatic carbocycles. The number of nitrogens with one attached hydrogen (secondary N) is 1. The van der Waals surface area contributed by atoms with Crippen LogP contribution in [-0.4, -0.2) is 46.9 Å². The average Bonchev–Trinajstić information content (AvgIpc) is 3.16. The largest absolute Gasteiger partial charge is 0.350 e. The summed E-state index contributed by atoms with van der Waals surface area (Å²) < 4.78 is 0. The van der Waals surface area contributed by atoms with E-state index in [9.17, 15) is 9.59 Å². The monoisotopic (exact) mass is 356 g/mol. The number of aryl methyl sites for hydroxylation is 1. The molecule has 0 radical (unpaired) electrons. The van der Waals surface area contributed by atoms with Crippen LogP contribution in [0, 0.1) is 0 Å². The Bertz CT molecular complexity index is 657. The van der Waals surface area contributed by atoms with Gasteiger partial charge in [0.15, 0.2) is 0 Å². The number of hydrogen-bond acceptors (Lipinski definition) is 4. The van der Waals surface area contributed by atoms with Crippen molar-refractivity contribution < 1.29 is 9.59 Å². The van der Waals surface area contributed by atoms with Crippen molar-refractivity contribution in [2.75, 3.05) is 13.1 Å². The first-order valence-electron chi connectivity index (χ1n) is 9.07. The number of carbonyl (C=O) groups is 2. The minimum Gasteiger partial charge on any atom is -0.350 e. The van der Waals surface area contributed by atoms with Crippen molar-refractivity contribution >= 4 is 11.8 Å². The molecule has 6 heteroatoms. The molecule has 1 aliphatic heterocycles. The second-order valence-electron chi connectivity index (χ2n) is 6.48. The highest BCUT2D eigenvalue weighted by Gasteiger charge is 2.35. The van der Waals surface area contributed by atoms with Gasteiger partial charge in [0.05, 0.1) is 6.04 Å². The van der Waals surface area contributed by atoms with E-state index in [1.54, 1.807) is 23.4 Å². The summed E-state index contributed by atoms with van der Waals surface area (Å²) in [6, 6.07) is 2.79. The summed E-state index contributed by atoms with van der Waals surface area (Å²) in [5, 5.41) is 2.89. The topological polar surface area (TPSA) is 88.3 Å². The van der Waals surface area contributed by atoms with E-state index in [1.165, 1.54) is 0 Å². The van der Waals surface area contributed by atoms with Crippen molar-refractivity contribution in [3.63, 3.8) is 0 Å². The van der Waals surface area contributed by atoms with Crippen LogP contribution in [0.5, 0.6) is 0 Å². The standard InChI is InChI=1S/C20H28N4O2/c1-3-15(4-2)14-23-19(25)18-8-6-12-24(18)20(26)17(21)10-9-16-7-5-11-22-13-16/h3-5,7,11,13,17-18H,1,6,8-10,12,14,21H2,2H3,(H,23,25)/b15-4+/t17-,18+/m1/s1. The van der Waals surface area contributed by atoms with Crippen molar-refractivity contribution in [1.29, 1.82) is 0 Å². The Morgan fingerprint density at radius 3 is 3.00 bits per heavy atom. The van der Waals surface area contributed by atoms with Gasteiger partial charge in [-0.15, -0.1) is 0 Å². The summed E-state index contributed by atoms with van der Waals surface area (Å²) in [6.07, 6.45) is 9.83. The molecule has 6 nitrogen and oxygen atoms in total. The van der Waals surface area contributed by atoms with E-state index in [1.807, 2.05) is 25.1 Å². The molecule has 1 fully saturated rings.